The van der Waals surface area contributed by atoms with Crippen LogP contribution in [0.2, 0.25) is 0 Å². The van der Waals surface area contributed by atoms with Gasteiger partial charge in [0.25, 0.3) is 0 Å². The molecule has 0 unspecified atom stereocenters. The normalized spacial score (nSPS) is 15.3. The Hall–Kier alpha value is -2.50. The first-order valence-corrected chi connectivity index (χ1v) is 7.77. The third kappa shape index (κ3) is 3.58. The van der Waals surface area contributed by atoms with Crippen molar-refractivity contribution >= 4 is 23.0 Å². The summed E-state index contributed by atoms with van der Waals surface area (Å²) in [6.07, 6.45) is 7.73. The largest absolute Gasteiger partial charge is 0.393 e. The molecule has 0 bridgehead atoms. The fraction of sp³-hybridized carbons (Fsp3) is 0.375. The molecular weight excluding hydrogens is 276 g/mol. The molecule has 22 heavy (non-hydrogen) atoms. The van der Waals surface area contributed by atoms with Gasteiger partial charge in [0.15, 0.2) is 11.6 Å². The van der Waals surface area contributed by atoms with Gasteiger partial charge in [-0.05, 0) is 25.0 Å². The van der Waals surface area contributed by atoms with Gasteiger partial charge in [-0.1, -0.05) is 37.5 Å². The van der Waals surface area contributed by atoms with Crippen molar-refractivity contribution in [2.24, 2.45) is 0 Å². The van der Waals surface area contributed by atoms with Gasteiger partial charge in [0.1, 0.15) is 12.0 Å². The van der Waals surface area contributed by atoms with Crippen LogP contribution in [0.15, 0.2) is 36.7 Å². The van der Waals surface area contributed by atoms with Crippen LogP contribution in [0.1, 0.15) is 32.1 Å². The second-order valence-corrected chi connectivity index (χ2v) is 5.58. The Bertz CT molecular complexity index is 595. The summed E-state index contributed by atoms with van der Waals surface area (Å²) in [6, 6.07) is 10.3. The van der Waals surface area contributed by atoms with Crippen LogP contribution in [0.3, 0.4) is 0 Å². The van der Waals surface area contributed by atoms with Crippen LogP contribution in [0.25, 0.3) is 0 Å². The molecule has 5 N–H and O–H groups in total. The van der Waals surface area contributed by atoms with E-state index in [9.17, 15) is 0 Å². The summed E-state index contributed by atoms with van der Waals surface area (Å²) in [5.74, 6) is 1.29. The summed E-state index contributed by atoms with van der Waals surface area (Å²) in [6.45, 7) is 0. The highest BCUT2D eigenvalue weighted by Crippen LogP contribution is 2.26. The minimum absolute atomic E-state index is 0.459. The number of benzene rings is 1. The van der Waals surface area contributed by atoms with E-state index in [4.69, 9.17) is 5.73 Å². The zero-order chi connectivity index (χ0) is 15.2. The van der Waals surface area contributed by atoms with Gasteiger partial charge in [-0.15, -0.1) is 0 Å². The number of nitrogens with one attached hydrogen (secondary N) is 3. The van der Waals surface area contributed by atoms with Gasteiger partial charge in [0, 0.05) is 6.04 Å². The standard InChI is InChI=1S/C16H22N6/c17-14-15(20-12-7-3-1-4-8-12)18-11-19-16(14)22-21-13-9-5-2-6-10-13/h2,5-6,9-12,21H,1,3-4,7-8,17H2,(H2,18,19,20,22). The first-order valence-electron chi connectivity index (χ1n) is 7.77. The molecule has 1 fully saturated rings. The molecule has 0 spiro atoms. The number of para-hydroxylation sites is 1. The quantitative estimate of drug-likeness (QED) is 0.634. The van der Waals surface area contributed by atoms with E-state index < -0.39 is 0 Å². The van der Waals surface area contributed by atoms with Gasteiger partial charge < -0.3 is 11.1 Å². The maximum atomic E-state index is 6.17. The smallest absolute Gasteiger partial charge is 0.173 e. The number of hydrazine groups is 1. The van der Waals surface area contributed by atoms with Crippen LogP contribution in [-0.4, -0.2) is 16.0 Å². The SMILES string of the molecule is Nc1c(NNc2ccccc2)ncnc1NC1CCCCC1. The molecule has 1 saturated carbocycles. The minimum atomic E-state index is 0.459. The highest BCUT2D eigenvalue weighted by molar-refractivity contribution is 5.75. The molecule has 0 atom stereocenters. The first kappa shape index (κ1) is 14.4. The van der Waals surface area contributed by atoms with E-state index in [1.165, 1.54) is 38.4 Å². The summed E-state index contributed by atoms with van der Waals surface area (Å²) < 4.78 is 0. The van der Waals surface area contributed by atoms with Gasteiger partial charge in [0.05, 0.1) is 5.69 Å². The topological polar surface area (TPSA) is 87.9 Å². The zero-order valence-electron chi connectivity index (χ0n) is 12.5. The zero-order valence-corrected chi connectivity index (χ0v) is 12.5. The lowest BCUT2D eigenvalue weighted by molar-refractivity contribution is 0.462. The lowest BCUT2D eigenvalue weighted by Crippen LogP contribution is -2.24. The Balaban J connectivity index is 1.66. The van der Waals surface area contributed by atoms with Gasteiger partial charge >= 0.3 is 0 Å². The van der Waals surface area contributed by atoms with Crippen molar-refractivity contribution in [3.8, 4) is 0 Å². The van der Waals surface area contributed by atoms with Crippen LogP contribution in [0, 0.1) is 0 Å². The Morgan fingerprint density at radius 1 is 0.909 bits per heavy atom. The lowest BCUT2D eigenvalue weighted by atomic mass is 9.95. The number of nitrogens with two attached hydrogens (primary N) is 1. The maximum absolute atomic E-state index is 6.17. The fourth-order valence-electron chi connectivity index (χ4n) is 2.70. The molecule has 0 radical (unpaired) electrons. The molecule has 6 heteroatoms. The van der Waals surface area contributed by atoms with Crippen LogP contribution < -0.4 is 21.9 Å². The van der Waals surface area contributed by atoms with Crippen molar-refractivity contribution < 1.29 is 0 Å². The molecule has 1 aliphatic rings. The van der Waals surface area contributed by atoms with Gasteiger partial charge in [-0.3, -0.25) is 10.9 Å². The summed E-state index contributed by atoms with van der Waals surface area (Å²) in [7, 11) is 0. The fourth-order valence-corrected chi connectivity index (χ4v) is 2.70. The monoisotopic (exact) mass is 298 g/mol. The number of nitrogen functional groups attached to an aromatic ring is 1. The molecule has 1 aromatic carbocycles. The van der Waals surface area contributed by atoms with E-state index in [0.29, 0.717) is 23.4 Å². The molecule has 0 amide bonds. The highest BCUT2D eigenvalue weighted by atomic mass is 15.4. The first-order chi connectivity index (χ1) is 10.8. The average molecular weight is 298 g/mol. The molecular formula is C16H22N6. The van der Waals surface area contributed by atoms with E-state index in [1.807, 2.05) is 30.3 Å². The van der Waals surface area contributed by atoms with E-state index >= 15 is 0 Å². The van der Waals surface area contributed by atoms with E-state index in [-0.39, 0.29) is 0 Å². The summed E-state index contributed by atoms with van der Waals surface area (Å²) in [4.78, 5) is 8.47. The number of hydrogen-bond acceptors (Lipinski definition) is 6. The molecule has 1 heterocycles. The molecule has 0 aliphatic heterocycles. The predicted molar refractivity (Wildman–Crippen MR) is 90.6 cm³/mol. The van der Waals surface area contributed by atoms with Crippen LogP contribution in [-0.2, 0) is 0 Å². The second kappa shape index (κ2) is 6.98. The summed E-state index contributed by atoms with van der Waals surface area (Å²) in [5, 5.41) is 3.44. The van der Waals surface area contributed by atoms with Gasteiger partial charge in [-0.25, -0.2) is 9.97 Å². The summed E-state index contributed by atoms with van der Waals surface area (Å²) >= 11 is 0. The van der Waals surface area contributed by atoms with Crippen molar-refractivity contribution in [3.63, 3.8) is 0 Å². The summed E-state index contributed by atoms with van der Waals surface area (Å²) in [5.41, 5.74) is 13.8. The number of aromatic nitrogens is 2. The average Bonchev–Trinajstić information content (AvgIpc) is 2.58. The molecule has 116 valence electrons. The Morgan fingerprint density at radius 2 is 1.64 bits per heavy atom. The predicted octanol–water partition coefficient (Wildman–Crippen LogP) is 3.24. The Labute approximate surface area is 130 Å². The van der Waals surface area contributed by atoms with E-state index in [1.54, 1.807) is 0 Å². The third-order valence-corrected chi connectivity index (χ3v) is 3.93. The number of anilines is 4. The Morgan fingerprint density at radius 3 is 2.41 bits per heavy atom. The molecule has 1 aliphatic carbocycles. The Kier molecular flexibility index (Phi) is 4.58. The van der Waals surface area contributed by atoms with Crippen molar-refractivity contribution in [2.75, 3.05) is 21.9 Å². The van der Waals surface area contributed by atoms with Crippen LogP contribution in [0.5, 0.6) is 0 Å². The molecule has 1 aromatic heterocycles. The molecule has 3 rings (SSSR count). The van der Waals surface area contributed by atoms with Gasteiger partial charge in [-0.2, -0.15) is 0 Å². The molecule has 0 saturated heterocycles. The van der Waals surface area contributed by atoms with Crippen LogP contribution in [0.4, 0.5) is 23.0 Å². The minimum Gasteiger partial charge on any atom is -0.393 e. The second-order valence-electron chi connectivity index (χ2n) is 5.58. The molecule has 6 nitrogen and oxygen atoms in total. The lowest BCUT2D eigenvalue weighted by Gasteiger charge is -2.24. The molecule has 2 aromatic rings. The van der Waals surface area contributed by atoms with Crippen molar-refractivity contribution in [3.05, 3.63) is 36.7 Å². The van der Waals surface area contributed by atoms with Crippen molar-refractivity contribution in [1.82, 2.24) is 9.97 Å². The van der Waals surface area contributed by atoms with Crippen LogP contribution >= 0.6 is 0 Å². The van der Waals surface area contributed by atoms with Crippen molar-refractivity contribution in [1.29, 1.82) is 0 Å². The number of rotatable bonds is 5. The van der Waals surface area contributed by atoms with E-state index in [2.05, 4.69) is 26.1 Å². The third-order valence-electron chi connectivity index (χ3n) is 3.93. The van der Waals surface area contributed by atoms with Gasteiger partial charge in [0.2, 0.25) is 0 Å². The maximum Gasteiger partial charge on any atom is 0.173 e. The number of nitrogens with zero attached hydrogens (tertiary/aromatic N) is 2. The van der Waals surface area contributed by atoms with E-state index in [0.717, 1.165) is 5.69 Å². The van der Waals surface area contributed by atoms with Crippen molar-refractivity contribution in [2.45, 2.75) is 38.1 Å². The number of hydrogen-bond donors (Lipinski definition) is 4. The highest BCUT2D eigenvalue weighted by Gasteiger charge is 2.16.